The van der Waals surface area contributed by atoms with Crippen LogP contribution < -0.4 is 10.6 Å². The molecule has 5 rings (SSSR count). The van der Waals surface area contributed by atoms with E-state index in [0.29, 0.717) is 23.0 Å². The number of carbonyl (C=O) groups excluding carboxylic acids is 2. The number of ether oxygens (including phenoxy) is 1. The Morgan fingerprint density at radius 2 is 1.85 bits per heavy atom. The highest BCUT2D eigenvalue weighted by Crippen LogP contribution is 2.42. The number of hydrogen-bond acceptors (Lipinski definition) is 8. The predicted octanol–water partition coefficient (Wildman–Crippen LogP) is 3.71. The van der Waals surface area contributed by atoms with Crippen LogP contribution in [0.5, 0.6) is 0 Å². The van der Waals surface area contributed by atoms with Crippen molar-refractivity contribution in [1.29, 1.82) is 0 Å². The molecule has 11 nitrogen and oxygen atoms in total. The van der Waals surface area contributed by atoms with Crippen LogP contribution >= 0.6 is 0 Å². The van der Waals surface area contributed by atoms with Crippen LogP contribution in [0.4, 0.5) is 8.78 Å². The molecule has 13 heteroatoms. The molecule has 0 aromatic carbocycles. The number of alkyl halides is 2. The molecule has 210 valence electrons. The fraction of sp³-hybridized carbons (Fsp3) is 0.615. The minimum absolute atomic E-state index is 0.0214. The summed E-state index contributed by atoms with van der Waals surface area (Å²) >= 11 is 0. The molecule has 39 heavy (non-hydrogen) atoms. The highest BCUT2D eigenvalue weighted by molar-refractivity contribution is 5.93. The zero-order valence-electron chi connectivity index (χ0n) is 22.2. The van der Waals surface area contributed by atoms with Gasteiger partial charge in [0.2, 0.25) is 11.8 Å². The molecule has 2 fully saturated rings. The number of fused-ring (bicyclic) bond motifs is 1. The summed E-state index contributed by atoms with van der Waals surface area (Å²) in [6.45, 7) is 5.32. The molecule has 2 amide bonds. The summed E-state index contributed by atoms with van der Waals surface area (Å²) in [5.74, 6) is -3.37. The second-order valence-electron chi connectivity index (χ2n) is 10.8. The number of nitrogens with zero attached hydrogens (tertiary/aromatic N) is 5. The first kappa shape index (κ1) is 27.1. The third kappa shape index (κ3) is 6.40. The first-order valence-corrected chi connectivity index (χ1v) is 13.3. The summed E-state index contributed by atoms with van der Waals surface area (Å²) in [6.07, 6.45) is 5.29. The van der Waals surface area contributed by atoms with Gasteiger partial charge in [-0.05, 0) is 75.1 Å². The minimum Gasteiger partial charge on any atom is -0.369 e. The van der Waals surface area contributed by atoms with Gasteiger partial charge in [-0.3, -0.25) is 9.59 Å². The summed E-state index contributed by atoms with van der Waals surface area (Å²) in [7, 11) is 0. The summed E-state index contributed by atoms with van der Waals surface area (Å²) in [5, 5.41) is 17.8. The van der Waals surface area contributed by atoms with Crippen LogP contribution in [0.1, 0.15) is 91.9 Å². The molecular formula is C26H33F2N7O4. The largest absolute Gasteiger partial charge is 0.369 e. The van der Waals surface area contributed by atoms with Crippen molar-refractivity contribution in [2.75, 3.05) is 6.61 Å². The second kappa shape index (κ2) is 10.9. The van der Waals surface area contributed by atoms with Crippen molar-refractivity contribution in [3.63, 3.8) is 0 Å². The number of aryl methyl sites for hydroxylation is 1. The van der Waals surface area contributed by atoms with Gasteiger partial charge in [0, 0.05) is 12.8 Å². The van der Waals surface area contributed by atoms with Crippen LogP contribution in [-0.4, -0.2) is 55.4 Å². The maximum Gasteiger partial charge on any atom is 0.276 e. The van der Waals surface area contributed by atoms with E-state index in [1.54, 1.807) is 23.8 Å². The Hall–Kier alpha value is -3.48. The van der Waals surface area contributed by atoms with E-state index in [1.807, 2.05) is 19.9 Å². The molecule has 2 aliphatic carbocycles. The molecule has 3 heterocycles. The molecule has 3 aromatic heterocycles. The number of hydrogen-bond donors (Lipinski definition) is 2. The van der Waals surface area contributed by atoms with E-state index in [1.165, 1.54) is 0 Å². The van der Waals surface area contributed by atoms with Crippen molar-refractivity contribution in [3.8, 4) is 0 Å². The van der Waals surface area contributed by atoms with Gasteiger partial charge in [-0.2, -0.15) is 5.10 Å². The summed E-state index contributed by atoms with van der Waals surface area (Å²) < 4.78 is 39.6. The monoisotopic (exact) mass is 545 g/mol. The zero-order valence-corrected chi connectivity index (χ0v) is 22.2. The fourth-order valence-corrected chi connectivity index (χ4v) is 5.07. The van der Waals surface area contributed by atoms with Crippen molar-refractivity contribution >= 4 is 17.5 Å². The topological polar surface area (TPSA) is 137 Å². The molecule has 0 aliphatic heterocycles. The minimum atomic E-state index is -2.71. The summed E-state index contributed by atoms with van der Waals surface area (Å²) in [5.41, 5.74) is 2.22. The lowest BCUT2D eigenvalue weighted by Crippen LogP contribution is -2.37. The van der Waals surface area contributed by atoms with E-state index in [2.05, 4.69) is 30.7 Å². The number of amides is 2. The number of rotatable bonds is 10. The molecule has 2 aliphatic rings. The first-order chi connectivity index (χ1) is 18.6. The van der Waals surface area contributed by atoms with E-state index in [0.717, 1.165) is 18.4 Å². The number of nitrogens with one attached hydrogen (secondary N) is 2. The molecule has 3 aromatic rings. The lowest BCUT2D eigenvalue weighted by molar-refractivity contribution is -0.128. The van der Waals surface area contributed by atoms with Crippen molar-refractivity contribution in [2.24, 2.45) is 11.8 Å². The van der Waals surface area contributed by atoms with Crippen LogP contribution in [0.2, 0.25) is 0 Å². The lowest BCUT2D eigenvalue weighted by atomic mass is 9.81. The van der Waals surface area contributed by atoms with E-state index >= 15 is 0 Å². The van der Waals surface area contributed by atoms with Gasteiger partial charge < -0.3 is 15.4 Å². The Kier molecular flexibility index (Phi) is 7.61. The van der Waals surface area contributed by atoms with Crippen molar-refractivity contribution < 1.29 is 27.7 Å². The van der Waals surface area contributed by atoms with Crippen molar-refractivity contribution in [3.05, 3.63) is 41.1 Å². The van der Waals surface area contributed by atoms with E-state index < -0.39 is 17.9 Å². The first-order valence-electron chi connectivity index (χ1n) is 13.3. The molecule has 2 atom stereocenters. The van der Waals surface area contributed by atoms with Crippen LogP contribution in [0.15, 0.2) is 23.1 Å². The fourth-order valence-electron chi connectivity index (χ4n) is 5.07. The molecule has 2 saturated carbocycles. The van der Waals surface area contributed by atoms with Gasteiger partial charge in [0.1, 0.15) is 12.3 Å². The molecule has 0 saturated heterocycles. The highest BCUT2D eigenvalue weighted by atomic mass is 19.3. The maximum atomic E-state index is 13.9. The molecule has 2 N–H and O–H groups in total. The molecule has 0 unspecified atom stereocenters. The van der Waals surface area contributed by atoms with Gasteiger partial charge in [-0.1, -0.05) is 5.16 Å². The van der Waals surface area contributed by atoms with Gasteiger partial charge in [-0.15, -0.1) is 0 Å². The summed E-state index contributed by atoms with van der Waals surface area (Å²) in [4.78, 5) is 30.2. The summed E-state index contributed by atoms with van der Waals surface area (Å²) in [6, 6.07) is 1.01. The Morgan fingerprint density at radius 3 is 2.49 bits per heavy atom. The van der Waals surface area contributed by atoms with Gasteiger partial charge in [0.25, 0.3) is 5.91 Å². The number of halogens is 2. The van der Waals surface area contributed by atoms with Crippen LogP contribution in [0.25, 0.3) is 5.65 Å². The van der Waals surface area contributed by atoms with Gasteiger partial charge in [0.15, 0.2) is 11.3 Å². The lowest BCUT2D eigenvalue weighted by Gasteiger charge is -2.33. The smallest absolute Gasteiger partial charge is 0.276 e. The van der Waals surface area contributed by atoms with Crippen LogP contribution in [0.3, 0.4) is 0 Å². The molecule has 0 spiro atoms. The Bertz CT molecular complexity index is 1330. The second-order valence-corrected chi connectivity index (χ2v) is 10.8. The third-order valence-electron chi connectivity index (χ3n) is 7.38. The van der Waals surface area contributed by atoms with Gasteiger partial charge in [0.05, 0.1) is 36.3 Å². The zero-order chi connectivity index (χ0) is 27.7. The Balaban J connectivity index is 1.40. The number of imidazole rings is 1. The Morgan fingerprint density at radius 1 is 1.13 bits per heavy atom. The third-order valence-corrected chi connectivity index (χ3v) is 7.38. The standard InChI is InChI=1S/C26H33F2N7O4/c1-14(2)38-13-21(36)31-23(16-4-5-16)18-10-20-30-19(12-35(20)29-11-18)24(17-6-8-26(27,28)9-7-17)32-25(37)22-15(3)33-39-34-22/h10-12,14,16-17,23-24H,4-9,13H2,1-3H3,(H,31,36)(H,32,37)/t23-,24+/m1/s1. The average Bonchev–Trinajstić information content (AvgIpc) is 3.50. The van der Waals surface area contributed by atoms with Gasteiger partial charge >= 0.3 is 0 Å². The van der Waals surface area contributed by atoms with Crippen LogP contribution in [-0.2, 0) is 9.53 Å². The average molecular weight is 546 g/mol. The van der Waals surface area contributed by atoms with Crippen molar-refractivity contribution in [1.82, 2.24) is 35.5 Å². The van der Waals surface area contributed by atoms with E-state index in [4.69, 9.17) is 9.72 Å². The molecular weight excluding hydrogens is 512 g/mol. The quantitative estimate of drug-likeness (QED) is 0.394. The van der Waals surface area contributed by atoms with E-state index in [-0.39, 0.29) is 62.0 Å². The number of carbonyl (C=O) groups is 2. The molecule has 0 bridgehead atoms. The Labute approximate surface area is 224 Å². The van der Waals surface area contributed by atoms with Crippen LogP contribution in [0, 0.1) is 18.8 Å². The normalized spacial score (nSPS) is 19.2. The maximum absolute atomic E-state index is 13.9. The SMILES string of the molecule is Cc1nonc1C(=O)N[C@H](c1cn2ncc([C@H](NC(=O)COC(C)C)C3CC3)cc2n1)C1CCC(F)(F)CC1. The number of aromatic nitrogens is 5. The predicted molar refractivity (Wildman–Crippen MR) is 134 cm³/mol. The molecule has 0 radical (unpaired) electrons. The van der Waals surface area contributed by atoms with Crippen molar-refractivity contribution in [2.45, 2.75) is 83.4 Å². The van der Waals surface area contributed by atoms with Gasteiger partial charge in [-0.25, -0.2) is 22.9 Å². The van der Waals surface area contributed by atoms with E-state index in [9.17, 15) is 18.4 Å². The highest BCUT2D eigenvalue weighted by Gasteiger charge is 2.40.